The van der Waals surface area contributed by atoms with Crippen molar-refractivity contribution in [1.29, 1.82) is 0 Å². The Morgan fingerprint density at radius 2 is 1.82 bits per heavy atom. The molecule has 1 aliphatic rings. The molecule has 0 saturated carbocycles. The van der Waals surface area contributed by atoms with Crippen LogP contribution in [0.5, 0.6) is 0 Å². The van der Waals surface area contributed by atoms with Gasteiger partial charge in [0, 0.05) is 13.1 Å². The third kappa shape index (κ3) is 5.73. The summed E-state index contributed by atoms with van der Waals surface area (Å²) in [6.45, 7) is 6.79. The summed E-state index contributed by atoms with van der Waals surface area (Å²) in [5.74, 6) is 0. The summed E-state index contributed by atoms with van der Waals surface area (Å²) in [6, 6.07) is 0. The maximum Gasteiger partial charge on any atom is 0.401 e. The number of piperidine rings is 1. The molecule has 1 heterocycles. The minimum absolute atomic E-state index is 0.419. The van der Waals surface area contributed by atoms with Gasteiger partial charge in [-0.25, -0.2) is 0 Å². The van der Waals surface area contributed by atoms with Gasteiger partial charge in [-0.3, -0.25) is 0 Å². The molecule has 0 unspecified atom stereocenters. The fraction of sp³-hybridized carbons (Fsp3) is 1.00. The molecule has 1 fully saturated rings. The molecule has 102 valence electrons. The van der Waals surface area contributed by atoms with Gasteiger partial charge in [0.2, 0.25) is 0 Å². The summed E-state index contributed by atoms with van der Waals surface area (Å²) >= 11 is 0. The molecule has 0 aromatic heterocycles. The third-order valence-electron chi connectivity index (χ3n) is 3.85. The van der Waals surface area contributed by atoms with Crippen molar-refractivity contribution in [2.24, 2.45) is 5.41 Å². The molecule has 2 nitrogen and oxygen atoms in total. The number of hydrogen-bond acceptors (Lipinski definition) is 2. The van der Waals surface area contributed by atoms with Crippen molar-refractivity contribution >= 4 is 0 Å². The number of nitrogens with one attached hydrogen (secondary N) is 1. The van der Waals surface area contributed by atoms with Crippen LogP contribution in [0.2, 0.25) is 0 Å². The zero-order valence-electron chi connectivity index (χ0n) is 10.7. The maximum absolute atomic E-state index is 11.9. The molecule has 0 aliphatic carbocycles. The van der Waals surface area contributed by atoms with Gasteiger partial charge in [-0.05, 0) is 31.3 Å². The van der Waals surface area contributed by atoms with Crippen LogP contribution in [-0.2, 0) is 0 Å². The molecule has 0 spiro atoms. The molecule has 1 rings (SSSR count). The Bertz CT molecular complexity index is 220. The summed E-state index contributed by atoms with van der Waals surface area (Å²) in [5, 5.41) is 2.44. The van der Waals surface area contributed by atoms with Crippen LogP contribution in [0.25, 0.3) is 0 Å². The van der Waals surface area contributed by atoms with E-state index in [0.29, 0.717) is 12.0 Å². The quantitative estimate of drug-likeness (QED) is 0.757. The average Bonchev–Trinajstić information content (AvgIpc) is 2.26. The van der Waals surface area contributed by atoms with Gasteiger partial charge in [0.05, 0.1) is 6.54 Å². The predicted molar refractivity (Wildman–Crippen MR) is 63.0 cm³/mol. The monoisotopic (exact) mass is 252 g/mol. The zero-order valence-corrected chi connectivity index (χ0v) is 10.7. The summed E-state index contributed by atoms with van der Waals surface area (Å²) in [7, 11) is 0. The van der Waals surface area contributed by atoms with E-state index in [4.69, 9.17) is 0 Å². The van der Waals surface area contributed by atoms with E-state index in [1.54, 1.807) is 0 Å². The summed E-state index contributed by atoms with van der Waals surface area (Å²) < 4.78 is 35.7. The first-order chi connectivity index (χ1) is 7.85. The highest BCUT2D eigenvalue weighted by atomic mass is 19.4. The van der Waals surface area contributed by atoms with Gasteiger partial charge in [0.15, 0.2) is 0 Å². The van der Waals surface area contributed by atoms with E-state index in [0.717, 1.165) is 32.5 Å². The molecule has 0 aromatic rings. The van der Waals surface area contributed by atoms with Crippen molar-refractivity contribution in [3.05, 3.63) is 0 Å². The molecule has 1 N–H and O–H groups in total. The lowest BCUT2D eigenvalue weighted by Gasteiger charge is -2.38. The van der Waals surface area contributed by atoms with Gasteiger partial charge >= 0.3 is 6.18 Å². The minimum atomic E-state index is -4.09. The zero-order chi connectivity index (χ0) is 12.9. The first-order valence-electron chi connectivity index (χ1n) is 6.34. The van der Waals surface area contributed by atoms with Crippen LogP contribution in [0, 0.1) is 5.41 Å². The fourth-order valence-corrected chi connectivity index (χ4v) is 2.14. The van der Waals surface area contributed by atoms with E-state index >= 15 is 0 Å². The molecular weight excluding hydrogens is 229 g/mol. The normalized spacial score (nSPS) is 21.7. The van der Waals surface area contributed by atoms with E-state index in [-0.39, 0.29) is 0 Å². The number of likely N-dealkylation sites (tertiary alicyclic amines) is 1. The molecule has 0 amide bonds. The molecule has 0 radical (unpaired) electrons. The Labute approximate surface area is 102 Å². The highest BCUT2D eigenvalue weighted by Gasteiger charge is 2.28. The Hall–Kier alpha value is -0.290. The van der Waals surface area contributed by atoms with Gasteiger partial charge in [-0.15, -0.1) is 0 Å². The topological polar surface area (TPSA) is 15.3 Å². The Morgan fingerprint density at radius 1 is 1.24 bits per heavy atom. The van der Waals surface area contributed by atoms with Gasteiger partial charge in [-0.2, -0.15) is 13.2 Å². The lowest BCUT2D eigenvalue weighted by Crippen LogP contribution is -2.42. The summed E-state index contributed by atoms with van der Waals surface area (Å²) in [4.78, 5) is 2.25. The van der Waals surface area contributed by atoms with Crippen LogP contribution in [0.3, 0.4) is 0 Å². The number of rotatable bonds is 5. The van der Waals surface area contributed by atoms with Crippen LogP contribution in [0.15, 0.2) is 0 Å². The van der Waals surface area contributed by atoms with Crippen molar-refractivity contribution in [2.75, 3.05) is 32.7 Å². The molecule has 0 aromatic carbocycles. The lowest BCUT2D eigenvalue weighted by atomic mass is 9.78. The first-order valence-corrected chi connectivity index (χ1v) is 6.34. The van der Waals surface area contributed by atoms with E-state index in [9.17, 15) is 13.2 Å². The summed E-state index contributed by atoms with van der Waals surface area (Å²) in [5.41, 5.74) is 0.440. The number of halogens is 3. The van der Waals surface area contributed by atoms with Crippen LogP contribution < -0.4 is 5.32 Å². The summed E-state index contributed by atoms with van der Waals surface area (Å²) in [6.07, 6.45) is -0.596. The van der Waals surface area contributed by atoms with Crippen LogP contribution >= 0.6 is 0 Å². The van der Waals surface area contributed by atoms with Crippen LogP contribution in [-0.4, -0.2) is 43.8 Å². The van der Waals surface area contributed by atoms with Crippen molar-refractivity contribution in [3.8, 4) is 0 Å². The molecule has 1 aliphatic heterocycles. The van der Waals surface area contributed by atoms with Crippen LogP contribution in [0.4, 0.5) is 13.2 Å². The van der Waals surface area contributed by atoms with E-state index < -0.39 is 12.7 Å². The van der Waals surface area contributed by atoms with E-state index in [1.807, 2.05) is 0 Å². The maximum atomic E-state index is 11.9. The average molecular weight is 252 g/mol. The second-order valence-electron chi connectivity index (χ2n) is 5.30. The van der Waals surface area contributed by atoms with Crippen LogP contribution in [0.1, 0.15) is 33.1 Å². The highest BCUT2D eigenvalue weighted by molar-refractivity contribution is 4.81. The van der Waals surface area contributed by atoms with Crippen molar-refractivity contribution < 1.29 is 13.2 Å². The standard InChI is InChI=1S/C12H23F3N2/c1-3-11(2)4-7-17(8-5-11)9-6-16-10-12(13,14)15/h16H,3-10H2,1-2H3. The van der Waals surface area contributed by atoms with Gasteiger partial charge in [-0.1, -0.05) is 20.3 Å². The van der Waals surface area contributed by atoms with Gasteiger partial charge < -0.3 is 10.2 Å². The minimum Gasteiger partial charge on any atom is -0.307 e. The number of nitrogens with zero attached hydrogens (tertiary/aromatic N) is 1. The molecule has 5 heteroatoms. The predicted octanol–water partition coefficient (Wildman–Crippen LogP) is 2.65. The van der Waals surface area contributed by atoms with Gasteiger partial charge in [0.25, 0.3) is 0 Å². The SMILES string of the molecule is CCC1(C)CCN(CCNCC(F)(F)F)CC1. The molecule has 1 saturated heterocycles. The molecular formula is C12H23F3N2. The van der Waals surface area contributed by atoms with Crippen molar-refractivity contribution in [3.63, 3.8) is 0 Å². The molecule has 17 heavy (non-hydrogen) atoms. The Kier molecular flexibility index (Phi) is 5.25. The molecule has 0 bridgehead atoms. The third-order valence-corrected chi connectivity index (χ3v) is 3.85. The number of hydrogen-bond donors (Lipinski definition) is 1. The lowest BCUT2D eigenvalue weighted by molar-refractivity contribution is -0.124. The van der Waals surface area contributed by atoms with E-state index in [1.165, 1.54) is 6.42 Å². The second kappa shape index (κ2) is 6.05. The molecule has 0 atom stereocenters. The highest BCUT2D eigenvalue weighted by Crippen LogP contribution is 2.33. The fourth-order valence-electron chi connectivity index (χ4n) is 2.14. The van der Waals surface area contributed by atoms with Crippen molar-refractivity contribution in [1.82, 2.24) is 10.2 Å². The Morgan fingerprint density at radius 3 is 2.29 bits per heavy atom. The number of alkyl halides is 3. The van der Waals surface area contributed by atoms with E-state index in [2.05, 4.69) is 24.1 Å². The Balaban J connectivity index is 2.11. The largest absolute Gasteiger partial charge is 0.401 e. The smallest absolute Gasteiger partial charge is 0.307 e. The first kappa shape index (κ1) is 14.8. The van der Waals surface area contributed by atoms with Crippen molar-refractivity contribution in [2.45, 2.75) is 39.3 Å². The second-order valence-corrected chi connectivity index (χ2v) is 5.30. The van der Waals surface area contributed by atoms with Gasteiger partial charge in [0.1, 0.15) is 0 Å².